The Morgan fingerprint density at radius 1 is 1.36 bits per heavy atom. The van der Waals surface area contributed by atoms with Gasteiger partial charge in [0.2, 0.25) is 0 Å². The van der Waals surface area contributed by atoms with Crippen LogP contribution in [0.15, 0.2) is 11.1 Å². The molecular formula is C11H16Cl2O. The van der Waals surface area contributed by atoms with Gasteiger partial charge >= 0.3 is 0 Å². The van der Waals surface area contributed by atoms with E-state index in [0.717, 1.165) is 12.8 Å². The van der Waals surface area contributed by atoms with E-state index >= 15 is 0 Å². The monoisotopic (exact) mass is 234 g/mol. The average molecular weight is 235 g/mol. The SMILES string of the molecule is CC(Cl)C(=O)/C=C(\Cl)C1CCCCC1. The molecule has 0 spiro atoms. The summed E-state index contributed by atoms with van der Waals surface area (Å²) < 4.78 is 0. The predicted octanol–water partition coefficient (Wildman–Crippen LogP) is 3.89. The molecule has 0 aromatic heterocycles. The van der Waals surface area contributed by atoms with Crippen LogP contribution >= 0.6 is 23.2 Å². The molecule has 0 heterocycles. The van der Waals surface area contributed by atoms with Crippen molar-refractivity contribution in [3.05, 3.63) is 11.1 Å². The van der Waals surface area contributed by atoms with Gasteiger partial charge < -0.3 is 0 Å². The molecule has 0 bridgehead atoms. The van der Waals surface area contributed by atoms with E-state index in [4.69, 9.17) is 23.2 Å². The Bertz CT molecular complexity index is 227. The third kappa shape index (κ3) is 3.62. The molecule has 80 valence electrons. The Labute approximate surface area is 95.5 Å². The Kier molecular flexibility index (Phi) is 4.97. The summed E-state index contributed by atoms with van der Waals surface area (Å²) in [6, 6.07) is 0. The fourth-order valence-electron chi connectivity index (χ4n) is 1.75. The van der Waals surface area contributed by atoms with Gasteiger partial charge in [0.1, 0.15) is 0 Å². The van der Waals surface area contributed by atoms with Gasteiger partial charge in [0.05, 0.1) is 5.38 Å². The van der Waals surface area contributed by atoms with Crippen LogP contribution in [0, 0.1) is 5.92 Å². The number of halogens is 2. The second-order valence-corrected chi connectivity index (χ2v) is 4.97. The van der Waals surface area contributed by atoms with Crippen LogP contribution in [-0.2, 0) is 4.79 Å². The number of rotatable bonds is 3. The third-order valence-electron chi connectivity index (χ3n) is 2.67. The summed E-state index contributed by atoms with van der Waals surface area (Å²) in [4.78, 5) is 11.3. The smallest absolute Gasteiger partial charge is 0.174 e. The highest BCUT2D eigenvalue weighted by atomic mass is 35.5. The molecule has 1 unspecified atom stereocenters. The van der Waals surface area contributed by atoms with Crippen LogP contribution in [0.25, 0.3) is 0 Å². The molecule has 1 fully saturated rings. The molecule has 0 aromatic carbocycles. The number of allylic oxidation sites excluding steroid dienone is 2. The third-order valence-corrected chi connectivity index (χ3v) is 3.30. The molecule has 1 aliphatic carbocycles. The molecule has 14 heavy (non-hydrogen) atoms. The largest absolute Gasteiger partial charge is 0.293 e. The normalized spacial score (nSPS) is 22.1. The van der Waals surface area contributed by atoms with E-state index in [1.807, 2.05) is 0 Å². The summed E-state index contributed by atoms with van der Waals surface area (Å²) in [6.45, 7) is 1.67. The van der Waals surface area contributed by atoms with E-state index in [2.05, 4.69) is 0 Å². The lowest BCUT2D eigenvalue weighted by Crippen LogP contribution is -2.11. The van der Waals surface area contributed by atoms with Gasteiger partial charge in [-0.15, -0.1) is 11.6 Å². The fourth-order valence-corrected chi connectivity index (χ4v) is 2.14. The highest BCUT2D eigenvalue weighted by Gasteiger charge is 2.18. The summed E-state index contributed by atoms with van der Waals surface area (Å²) in [6.07, 6.45) is 7.47. The first kappa shape index (κ1) is 12.1. The van der Waals surface area contributed by atoms with Gasteiger partial charge in [-0.05, 0) is 31.8 Å². The van der Waals surface area contributed by atoms with Gasteiger partial charge in [0, 0.05) is 5.03 Å². The van der Waals surface area contributed by atoms with E-state index in [1.54, 1.807) is 6.92 Å². The molecule has 1 saturated carbocycles. The lowest BCUT2D eigenvalue weighted by atomic mass is 9.88. The van der Waals surface area contributed by atoms with Crippen molar-refractivity contribution >= 4 is 29.0 Å². The maximum Gasteiger partial charge on any atom is 0.174 e. The molecule has 1 aliphatic rings. The van der Waals surface area contributed by atoms with Crippen LogP contribution < -0.4 is 0 Å². The standard InChI is InChI=1S/C11H16Cl2O/c1-8(12)11(14)7-10(13)9-5-3-2-4-6-9/h7-9H,2-6H2,1H3/b10-7-. The number of alkyl halides is 1. The molecule has 0 radical (unpaired) electrons. The molecule has 1 rings (SSSR count). The van der Waals surface area contributed by atoms with Gasteiger partial charge in [0.25, 0.3) is 0 Å². The van der Waals surface area contributed by atoms with Crippen LogP contribution in [0.2, 0.25) is 0 Å². The first-order chi connectivity index (χ1) is 6.61. The minimum Gasteiger partial charge on any atom is -0.293 e. The second kappa shape index (κ2) is 5.77. The fraction of sp³-hybridized carbons (Fsp3) is 0.727. The summed E-state index contributed by atoms with van der Waals surface area (Å²) in [5.41, 5.74) is 0. The van der Waals surface area contributed by atoms with Gasteiger partial charge in [-0.3, -0.25) is 4.79 Å². The van der Waals surface area contributed by atoms with E-state index in [0.29, 0.717) is 11.0 Å². The Morgan fingerprint density at radius 3 is 2.43 bits per heavy atom. The van der Waals surface area contributed by atoms with Crippen LogP contribution in [0.4, 0.5) is 0 Å². The second-order valence-electron chi connectivity index (χ2n) is 3.88. The highest BCUT2D eigenvalue weighted by molar-refractivity contribution is 6.36. The van der Waals surface area contributed by atoms with E-state index < -0.39 is 5.38 Å². The average Bonchev–Trinajstić information content (AvgIpc) is 2.19. The minimum absolute atomic E-state index is 0.0813. The molecule has 0 aliphatic heterocycles. The summed E-state index contributed by atoms with van der Waals surface area (Å²) in [5.74, 6) is 0.312. The molecule has 1 atom stereocenters. The summed E-state index contributed by atoms with van der Waals surface area (Å²) >= 11 is 11.7. The van der Waals surface area contributed by atoms with Crippen LogP contribution in [0.1, 0.15) is 39.0 Å². The first-order valence-corrected chi connectivity index (χ1v) is 5.97. The molecule has 0 amide bonds. The first-order valence-electron chi connectivity index (χ1n) is 5.16. The molecule has 1 nitrogen and oxygen atoms in total. The molecule has 3 heteroatoms. The van der Waals surface area contributed by atoms with Gasteiger partial charge in [0.15, 0.2) is 5.78 Å². The molecular weight excluding hydrogens is 219 g/mol. The number of carbonyl (C=O) groups is 1. The number of hydrogen-bond acceptors (Lipinski definition) is 1. The predicted molar refractivity (Wildman–Crippen MR) is 60.8 cm³/mol. The van der Waals surface area contributed by atoms with E-state index in [-0.39, 0.29) is 5.78 Å². The van der Waals surface area contributed by atoms with Crippen molar-refractivity contribution in [3.8, 4) is 0 Å². The summed E-state index contributed by atoms with van der Waals surface area (Å²) in [7, 11) is 0. The number of ketones is 1. The quantitative estimate of drug-likeness (QED) is 0.535. The topological polar surface area (TPSA) is 17.1 Å². The lowest BCUT2D eigenvalue weighted by molar-refractivity contribution is -0.114. The van der Waals surface area contributed by atoms with E-state index in [1.165, 1.54) is 25.3 Å². The van der Waals surface area contributed by atoms with Gasteiger partial charge in [-0.2, -0.15) is 0 Å². The highest BCUT2D eigenvalue weighted by Crippen LogP contribution is 2.31. The van der Waals surface area contributed by atoms with Crippen LogP contribution in [0.5, 0.6) is 0 Å². The zero-order valence-corrected chi connectivity index (χ0v) is 9.94. The zero-order chi connectivity index (χ0) is 10.6. The van der Waals surface area contributed by atoms with Crippen molar-refractivity contribution in [3.63, 3.8) is 0 Å². The minimum atomic E-state index is -0.465. The Hall–Kier alpha value is -0.0100. The van der Waals surface area contributed by atoms with Crippen molar-refractivity contribution < 1.29 is 4.79 Å². The Morgan fingerprint density at radius 2 is 1.93 bits per heavy atom. The molecule has 0 aromatic rings. The van der Waals surface area contributed by atoms with Crippen molar-refractivity contribution in [1.82, 2.24) is 0 Å². The van der Waals surface area contributed by atoms with Crippen molar-refractivity contribution in [2.75, 3.05) is 0 Å². The van der Waals surface area contributed by atoms with Crippen molar-refractivity contribution in [1.29, 1.82) is 0 Å². The van der Waals surface area contributed by atoms with Crippen LogP contribution in [-0.4, -0.2) is 11.2 Å². The maximum atomic E-state index is 11.3. The number of carbonyl (C=O) groups excluding carboxylic acids is 1. The van der Waals surface area contributed by atoms with Gasteiger partial charge in [-0.25, -0.2) is 0 Å². The maximum absolute atomic E-state index is 11.3. The van der Waals surface area contributed by atoms with Crippen LogP contribution in [0.3, 0.4) is 0 Å². The Balaban J connectivity index is 2.53. The summed E-state index contributed by atoms with van der Waals surface area (Å²) in [5, 5.41) is 0.231. The zero-order valence-electron chi connectivity index (χ0n) is 8.43. The number of hydrogen-bond donors (Lipinski definition) is 0. The molecule has 0 saturated heterocycles. The lowest BCUT2D eigenvalue weighted by Gasteiger charge is -2.20. The van der Waals surface area contributed by atoms with E-state index in [9.17, 15) is 4.79 Å². The molecule has 0 N–H and O–H groups in total. The van der Waals surface area contributed by atoms with Gasteiger partial charge in [-0.1, -0.05) is 30.9 Å². The van der Waals surface area contributed by atoms with Crippen molar-refractivity contribution in [2.24, 2.45) is 5.92 Å². The van der Waals surface area contributed by atoms with Crippen molar-refractivity contribution in [2.45, 2.75) is 44.4 Å².